The molecule has 386 valence electrons. The summed E-state index contributed by atoms with van der Waals surface area (Å²) in [6, 6.07) is -0.798. The van der Waals surface area contributed by atoms with E-state index in [9.17, 15) is 30.3 Å². The lowest BCUT2D eigenvalue weighted by atomic mass is 9.99. The summed E-state index contributed by atoms with van der Waals surface area (Å²) < 4.78 is 11.2. The number of rotatable bonds is 49. The predicted octanol–water partition coefficient (Wildman–Crippen LogP) is 13.6. The topological polar surface area (TPSA) is 149 Å². The summed E-state index contributed by atoms with van der Waals surface area (Å²) in [5.74, 6) is -0.173. The van der Waals surface area contributed by atoms with Crippen LogP contribution in [0, 0.1) is 0 Å². The lowest BCUT2D eigenvalue weighted by Crippen LogP contribution is -2.60. The van der Waals surface area contributed by atoms with Gasteiger partial charge in [-0.2, -0.15) is 0 Å². The second-order valence-corrected chi connectivity index (χ2v) is 20.1. The number of amides is 1. The number of carbonyl (C=O) groups is 1. The van der Waals surface area contributed by atoms with E-state index in [-0.39, 0.29) is 12.5 Å². The molecule has 6 N–H and O–H groups in total. The van der Waals surface area contributed by atoms with Gasteiger partial charge in [0.15, 0.2) is 6.29 Å². The quantitative estimate of drug-likeness (QED) is 0.0261. The Balaban J connectivity index is 2.04. The number of hydrogen-bond acceptors (Lipinski definition) is 8. The molecule has 0 aromatic rings. The van der Waals surface area contributed by atoms with Gasteiger partial charge >= 0.3 is 0 Å². The average Bonchev–Trinajstić information content (AvgIpc) is 3.31. The minimum absolute atomic E-state index is 0.173. The zero-order chi connectivity index (χ0) is 47.3. The second-order valence-electron chi connectivity index (χ2n) is 20.1. The van der Waals surface area contributed by atoms with Gasteiger partial charge in [-0.05, 0) is 19.3 Å². The number of nitrogens with one attached hydrogen (secondary N) is 1. The van der Waals surface area contributed by atoms with E-state index in [4.69, 9.17) is 9.47 Å². The molecule has 0 aromatic heterocycles. The van der Waals surface area contributed by atoms with Crippen LogP contribution in [0.2, 0.25) is 0 Å². The molecule has 1 saturated heterocycles. The molecule has 0 aromatic carbocycles. The molecule has 0 radical (unpaired) electrons. The third-order valence-corrected chi connectivity index (χ3v) is 13.9. The van der Waals surface area contributed by atoms with Gasteiger partial charge in [0, 0.05) is 6.42 Å². The number of ether oxygens (including phenoxy) is 2. The molecule has 2 unspecified atom stereocenters. The van der Waals surface area contributed by atoms with Crippen LogP contribution in [0.1, 0.15) is 284 Å². The molecule has 65 heavy (non-hydrogen) atoms. The third kappa shape index (κ3) is 36.6. The van der Waals surface area contributed by atoms with Gasteiger partial charge in [0.2, 0.25) is 5.91 Å². The number of hydrogen-bond donors (Lipinski definition) is 6. The van der Waals surface area contributed by atoms with E-state index in [1.54, 1.807) is 6.08 Å². The zero-order valence-electron chi connectivity index (χ0n) is 42.8. The second kappa shape index (κ2) is 46.6. The number of carbonyl (C=O) groups excluding carboxylic acids is 1. The van der Waals surface area contributed by atoms with Crippen LogP contribution >= 0.6 is 0 Å². The van der Waals surface area contributed by atoms with Gasteiger partial charge in [0.05, 0.1) is 25.4 Å². The molecule has 0 bridgehead atoms. The molecule has 1 aliphatic rings. The van der Waals surface area contributed by atoms with Crippen LogP contribution in [-0.2, 0) is 14.3 Å². The summed E-state index contributed by atoms with van der Waals surface area (Å²) in [5.41, 5.74) is 0. The van der Waals surface area contributed by atoms with Crippen molar-refractivity contribution in [1.82, 2.24) is 5.32 Å². The highest BCUT2D eigenvalue weighted by molar-refractivity contribution is 5.76. The predicted molar refractivity (Wildman–Crippen MR) is 272 cm³/mol. The van der Waals surface area contributed by atoms with Crippen LogP contribution in [0.25, 0.3) is 0 Å². The van der Waals surface area contributed by atoms with Gasteiger partial charge in [0.25, 0.3) is 0 Å². The Kier molecular flexibility index (Phi) is 44.5. The Morgan fingerprint density at radius 1 is 0.508 bits per heavy atom. The van der Waals surface area contributed by atoms with Gasteiger partial charge in [-0.3, -0.25) is 4.79 Å². The fourth-order valence-electron chi connectivity index (χ4n) is 9.34. The summed E-state index contributed by atoms with van der Waals surface area (Å²) >= 11 is 0. The first-order valence-corrected chi connectivity index (χ1v) is 28.4. The summed E-state index contributed by atoms with van der Waals surface area (Å²) in [7, 11) is 0. The van der Waals surface area contributed by atoms with Crippen molar-refractivity contribution in [3.63, 3.8) is 0 Å². The van der Waals surface area contributed by atoms with Crippen LogP contribution < -0.4 is 5.32 Å². The Bertz CT molecular complexity index is 1030. The number of unbranched alkanes of at least 4 members (excludes halogenated alkanes) is 39. The van der Waals surface area contributed by atoms with Crippen molar-refractivity contribution < 1.29 is 39.8 Å². The van der Waals surface area contributed by atoms with Crippen LogP contribution in [0.4, 0.5) is 0 Å². The van der Waals surface area contributed by atoms with E-state index < -0.39 is 49.5 Å². The minimum atomic E-state index is -1.56. The van der Waals surface area contributed by atoms with Crippen LogP contribution in [-0.4, -0.2) is 87.5 Å². The molecule has 0 aliphatic carbocycles. The first-order valence-electron chi connectivity index (χ1n) is 28.4. The van der Waals surface area contributed by atoms with Crippen molar-refractivity contribution in [3.8, 4) is 0 Å². The standard InChI is InChI=1S/C56H109NO8/c1-3-5-7-9-11-13-14-15-16-17-18-19-20-21-22-23-24-25-26-27-28-29-30-31-32-33-34-35-36-38-40-42-44-46-52(60)57-49(50(59)45-43-41-39-37-12-10-8-6-4-2)48-64-56-55(63)54(62)53(61)51(47-58)65-56/h43,45,49-51,53-56,58-59,61-63H,3-42,44,46-48H2,1-2H3,(H,57,60)/b45-43+/t49-,50+,51+,53+,54?,55?,56+/m0/s1. The van der Waals surface area contributed by atoms with E-state index >= 15 is 0 Å². The average molecular weight is 924 g/mol. The fourth-order valence-corrected chi connectivity index (χ4v) is 9.34. The van der Waals surface area contributed by atoms with E-state index in [0.717, 1.165) is 38.5 Å². The SMILES string of the molecule is CCCCCCCCC/C=C/[C@@H](O)[C@H](CO[C@@H]1O[C@H](CO)[C@@H](O)C(O)C1O)NC(=O)CCCCCCCCCCCCCCCCCCCCCCCCCCCCCCCCCCC. The van der Waals surface area contributed by atoms with Gasteiger partial charge < -0.3 is 40.3 Å². The summed E-state index contributed by atoms with van der Waals surface area (Å²) in [6.45, 7) is 3.77. The molecule has 1 amide bonds. The Morgan fingerprint density at radius 2 is 0.846 bits per heavy atom. The van der Waals surface area contributed by atoms with E-state index in [1.165, 1.54) is 225 Å². The molecule has 0 spiro atoms. The smallest absolute Gasteiger partial charge is 0.220 e. The number of allylic oxidation sites excluding steroid dienone is 1. The van der Waals surface area contributed by atoms with Crippen molar-refractivity contribution in [3.05, 3.63) is 12.2 Å². The van der Waals surface area contributed by atoms with Crippen molar-refractivity contribution in [2.45, 2.75) is 326 Å². The number of aliphatic hydroxyl groups is 5. The van der Waals surface area contributed by atoms with Crippen LogP contribution in [0.15, 0.2) is 12.2 Å². The molecular weight excluding hydrogens is 815 g/mol. The zero-order valence-corrected chi connectivity index (χ0v) is 42.8. The van der Waals surface area contributed by atoms with Gasteiger partial charge in [0.1, 0.15) is 24.4 Å². The first kappa shape index (κ1) is 61.9. The molecule has 1 rings (SSSR count). The highest BCUT2D eigenvalue weighted by Gasteiger charge is 2.44. The highest BCUT2D eigenvalue weighted by atomic mass is 16.7. The molecule has 1 fully saturated rings. The maximum Gasteiger partial charge on any atom is 0.220 e. The normalized spacial score (nSPS) is 19.9. The van der Waals surface area contributed by atoms with Crippen LogP contribution in [0.3, 0.4) is 0 Å². The molecule has 9 nitrogen and oxygen atoms in total. The van der Waals surface area contributed by atoms with Gasteiger partial charge in [-0.25, -0.2) is 0 Å². The maximum absolute atomic E-state index is 13.0. The van der Waals surface area contributed by atoms with E-state index in [1.807, 2.05) is 6.08 Å². The van der Waals surface area contributed by atoms with E-state index in [0.29, 0.717) is 6.42 Å². The fraction of sp³-hybridized carbons (Fsp3) is 0.946. The minimum Gasteiger partial charge on any atom is -0.394 e. The maximum atomic E-state index is 13.0. The lowest BCUT2D eigenvalue weighted by molar-refractivity contribution is -0.302. The molecule has 1 heterocycles. The first-order chi connectivity index (χ1) is 31.8. The third-order valence-electron chi connectivity index (χ3n) is 13.9. The summed E-state index contributed by atoms with van der Waals surface area (Å²) in [4.78, 5) is 13.0. The van der Waals surface area contributed by atoms with Gasteiger partial charge in [-0.15, -0.1) is 0 Å². The Labute approximate surface area is 401 Å². The molecule has 7 atom stereocenters. The Morgan fingerprint density at radius 3 is 1.20 bits per heavy atom. The van der Waals surface area contributed by atoms with Crippen molar-refractivity contribution in [2.75, 3.05) is 13.2 Å². The Hall–Kier alpha value is -1.07. The largest absolute Gasteiger partial charge is 0.394 e. The molecular formula is C56H109NO8. The molecule has 1 aliphatic heterocycles. The number of aliphatic hydroxyl groups excluding tert-OH is 5. The monoisotopic (exact) mass is 924 g/mol. The van der Waals surface area contributed by atoms with Crippen LogP contribution in [0.5, 0.6) is 0 Å². The molecule has 9 heteroatoms. The summed E-state index contributed by atoms with van der Waals surface area (Å²) in [6.07, 6.45) is 50.4. The van der Waals surface area contributed by atoms with Crippen molar-refractivity contribution >= 4 is 5.91 Å². The van der Waals surface area contributed by atoms with Crippen molar-refractivity contribution in [2.24, 2.45) is 0 Å². The van der Waals surface area contributed by atoms with Crippen molar-refractivity contribution in [1.29, 1.82) is 0 Å². The highest BCUT2D eigenvalue weighted by Crippen LogP contribution is 2.23. The summed E-state index contributed by atoms with van der Waals surface area (Å²) in [5, 5.41) is 54.2. The molecule has 0 saturated carbocycles. The lowest BCUT2D eigenvalue weighted by Gasteiger charge is -2.40. The van der Waals surface area contributed by atoms with Gasteiger partial charge in [-0.1, -0.05) is 270 Å². The van der Waals surface area contributed by atoms with E-state index in [2.05, 4.69) is 19.2 Å².